The van der Waals surface area contributed by atoms with Gasteiger partial charge in [-0.05, 0) is 44.0 Å². The molecule has 0 aromatic heterocycles. The van der Waals surface area contributed by atoms with Crippen molar-refractivity contribution in [2.75, 3.05) is 0 Å². The van der Waals surface area contributed by atoms with E-state index in [-0.39, 0.29) is 4.75 Å². The first-order valence-electron chi connectivity index (χ1n) is 7.12. The summed E-state index contributed by atoms with van der Waals surface area (Å²) in [5.74, 6) is 0.328. The maximum atomic E-state index is 14.1. The van der Waals surface area contributed by atoms with Gasteiger partial charge in [0.2, 0.25) is 0 Å². The molecular formula is C18H24OS. The van der Waals surface area contributed by atoms with Gasteiger partial charge in [0.15, 0.2) is 0 Å². The predicted molar refractivity (Wildman–Crippen MR) is 87.9 cm³/mol. The van der Waals surface area contributed by atoms with E-state index in [2.05, 4.69) is 27.7 Å². The highest BCUT2D eigenvalue weighted by atomic mass is 32.2. The van der Waals surface area contributed by atoms with E-state index in [1.807, 2.05) is 60.7 Å². The third kappa shape index (κ3) is 2.33. The fraction of sp³-hybridized carbons (Fsp3) is 0.333. The lowest BCUT2D eigenvalue weighted by molar-refractivity contribution is 0.474. The summed E-state index contributed by atoms with van der Waals surface area (Å²) in [5, 5.41) is 0. The van der Waals surface area contributed by atoms with Crippen molar-refractivity contribution in [3.05, 3.63) is 60.7 Å². The van der Waals surface area contributed by atoms with Crippen LogP contribution in [0.5, 0.6) is 0 Å². The summed E-state index contributed by atoms with van der Waals surface area (Å²) in [6, 6.07) is 19.8. The standard InChI is InChI=1S/C18H24OS/c1-15(2)18(3,4)20(19,16-11-7-5-8-12-16)17-13-9-6-10-14-17/h5-15,20H,1-4H3. The van der Waals surface area contributed by atoms with Crippen LogP contribution in [0.15, 0.2) is 70.5 Å². The Balaban J connectivity index is 2.72. The number of hydrogen-bond donors (Lipinski definition) is 1. The lowest BCUT2D eigenvalue weighted by Crippen LogP contribution is -2.42. The molecule has 2 heteroatoms. The summed E-state index contributed by atoms with van der Waals surface area (Å²) >= 11 is 0. The van der Waals surface area contributed by atoms with Crippen LogP contribution in [0.1, 0.15) is 27.7 Å². The van der Waals surface area contributed by atoms with Crippen LogP contribution in [0.3, 0.4) is 0 Å². The zero-order chi connectivity index (χ0) is 14.8. The highest BCUT2D eigenvalue weighted by Gasteiger charge is 2.40. The Bertz CT molecular complexity index is 556. The molecular weight excluding hydrogens is 264 g/mol. The average Bonchev–Trinajstić information content (AvgIpc) is 2.48. The summed E-state index contributed by atoms with van der Waals surface area (Å²) in [6.07, 6.45) is 0. The minimum Gasteiger partial charge on any atom is -0.275 e. The lowest BCUT2D eigenvalue weighted by Gasteiger charge is -2.43. The highest BCUT2D eigenvalue weighted by molar-refractivity contribution is 8.04. The van der Waals surface area contributed by atoms with Crippen LogP contribution in [-0.4, -0.2) is 8.96 Å². The van der Waals surface area contributed by atoms with Gasteiger partial charge in [0, 0.05) is 14.5 Å². The second-order valence-electron chi connectivity index (χ2n) is 6.09. The molecule has 0 aliphatic carbocycles. The van der Waals surface area contributed by atoms with Gasteiger partial charge in [0.1, 0.15) is 0 Å². The third-order valence-corrected chi connectivity index (χ3v) is 8.65. The maximum Gasteiger partial charge on any atom is 0.0283 e. The molecule has 0 spiro atoms. The summed E-state index contributed by atoms with van der Waals surface area (Å²) in [7, 11) is -2.68. The molecule has 0 bridgehead atoms. The topological polar surface area (TPSA) is 17.1 Å². The van der Waals surface area contributed by atoms with E-state index in [4.69, 9.17) is 0 Å². The zero-order valence-electron chi connectivity index (χ0n) is 12.7. The molecule has 0 atom stereocenters. The fourth-order valence-electron chi connectivity index (χ4n) is 2.45. The summed E-state index contributed by atoms with van der Waals surface area (Å²) < 4.78 is 13.8. The molecule has 2 rings (SSSR count). The minimum absolute atomic E-state index is 0.282. The van der Waals surface area contributed by atoms with Crippen molar-refractivity contribution >= 4 is 9.93 Å². The molecule has 2 aromatic carbocycles. The Morgan fingerprint density at radius 1 is 0.800 bits per heavy atom. The van der Waals surface area contributed by atoms with E-state index in [0.29, 0.717) is 5.92 Å². The van der Waals surface area contributed by atoms with Crippen LogP contribution in [0, 0.1) is 5.92 Å². The maximum absolute atomic E-state index is 14.1. The SMILES string of the molecule is CC(C)C(C)(C)[SH](=O)(c1ccccc1)c1ccccc1. The molecule has 0 radical (unpaired) electrons. The zero-order valence-corrected chi connectivity index (χ0v) is 13.6. The number of rotatable bonds is 4. The highest BCUT2D eigenvalue weighted by Crippen LogP contribution is 2.43. The van der Waals surface area contributed by atoms with Crippen molar-refractivity contribution < 1.29 is 4.21 Å². The molecule has 0 aliphatic heterocycles. The van der Waals surface area contributed by atoms with Crippen LogP contribution >= 0.6 is 0 Å². The van der Waals surface area contributed by atoms with Crippen molar-refractivity contribution in [3.63, 3.8) is 0 Å². The molecule has 0 unspecified atom stereocenters. The largest absolute Gasteiger partial charge is 0.275 e. The van der Waals surface area contributed by atoms with E-state index in [9.17, 15) is 4.21 Å². The van der Waals surface area contributed by atoms with E-state index in [1.165, 1.54) is 0 Å². The summed E-state index contributed by atoms with van der Waals surface area (Å²) in [4.78, 5) is 1.90. The van der Waals surface area contributed by atoms with Crippen LogP contribution in [0.2, 0.25) is 0 Å². The third-order valence-electron chi connectivity index (χ3n) is 4.46. The van der Waals surface area contributed by atoms with Gasteiger partial charge in [-0.3, -0.25) is 4.21 Å². The van der Waals surface area contributed by atoms with Crippen molar-refractivity contribution in [2.24, 2.45) is 5.92 Å². The van der Waals surface area contributed by atoms with Crippen molar-refractivity contribution in [3.8, 4) is 0 Å². The van der Waals surface area contributed by atoms with Crippen LogP contribution in [0.4, 0.5) is 0 Å². The molecule has 108 valence electrons. The second kappa shape index (κ2) is 5.53. The smallest absolute Gasteiger partial charge is 0.0283 e. The Morgan fingerprint density at radius 3 is 1.45 bits per heavy atom. The monoisotopic (exact) mass is 288 g/mol. The van der Waals surface area contributed by atoms with Crippen molar-refractivity contribution in [1.29, 1.82) is 0 Å². The van der Waals surface area contributed by atoms with Gasteiger partial charge >= 0.3 is 0 Å². The van der Waals surface area contributed by atoms with Gasteiger partial charge < -0.3 is 0 Å². The first-order chi connectivity index (χ1) is 9.40. The van der Waals surface area contributed by atoms with Gasteiger partial charge in [-0.2, -0.15) is 0 Å². The molecule has 0 N–H and O–H groups in total. The first kappa shape index (κ1) is 15.0. The Labute approximate surface area is 123 Å². The van der Waals surface area contributed by atoms with E-state index >= 15 is 0 Å². The molecule has 0 saturated carbocycles. The molecule has 20 heavy (non-hydrogen) atoms. The second-order valence-corrected chi connectivity index (χ2v) is 9.49. The molecule has 0 aliphatic rings. The van der Waals surface area contributed by atoms with Crippen LogP contribution in [0.25, 0.3) is 0 Å². The molecule has 0 amide bonds. The Kier molecular flexibility index (Phi) is 4.14. The quantitative estimate of drug-likeness (QED) is 0.816. The molecule has 2 aromatic rings. The van der Waals surface area contributed by atoms with E-state index in [1.54, 1.807) is 0 Å². The number of benzene rings is 2. The summed E-state index contributed by atoms with van der Waals surface area (Å²) in [6.45, 7) is 8.55. The predicted octanol–water partition coefficient (Wildman–Crippen LogP) is 4.56. The Morgan fingerprint density at radius 2 is 1.15 bits per heavy atom. The van der Waals surface area contributed by atoms with Gasteiger partial charge in [0.05, 0.1) is 0 Å². The van der Waals surface area contributed by atoms with E-state index < -0.39 is 9.93 Å². The van der Waals surface area contributed by atoms with Crippen molar-refractivity contribution in [2.45, 2.75) is 42.2 Å². The molecule has 0 heterocycles. The van der Waals surface area contributed by atoms with Gasteiger partial charge in [-0.1, -0.05) is 60.2 Å². The Hall–Kier alpha value is -1.41. The van der Waals surface area contributed by atoms with Gasteiger partial charge in [-0.15, -0.1) is 0 Å². The van der Waals surface area contributed by atoms with E-state index in [0.717, 1.165) is 9.79 Å². The fourth-order valence-corrected chi connectivity index (χ4v) is 5.99. The summed E-state index contributed by atoms with van der Waals surface area (Å²) in [5.41, 5.74) is 0. The van der Waals surface area contributed by atoms with Crippen molar-refractivity contribution in [1.82, 2.24) is 0 Å². The molecule has 1 nitrogen and oxygen atoms in total. The molecule has 0 fully saturated rings. The lowest BCUT2D eigenvalue weighted by atomic mass is 10.00. The first-order valence-corrected chi connectivity index (χ1v) is 8.82. The number of thiol groups is 1. The average molecular weight is 288 g/mol. The molecule has 0 saturated heterocycles. The van der Waals surface area contributed by atoms with Gasteiger partial charge in [-0.25, -0.2) is 0 Å². The minimum atomic E-state index is -2.68. The van der Waals surface area contributed by atoms with Crippen LogP contribution < -0.4 is 0 Å². The van der Waals surface area contributed by atoms with Crippen LogP contribution in [-0.2, 0) is 9.93 Å². The number of hydrogen-bond acceptors (Lipinski definition) is 1. The van der Waals surface area contributed by atoms with Gasteiger partial charge in [0.25, 0.3) is 0 Å². The normalized spacial score (nSPS) is 13.4.